The molecule has 7 heteroatoms. The molecule has 7 nitrogen and oxygen atoms in total. The Morgan fingerprint density at radius 3 is 2.57 bits per heavy atom. The average Bonchev–Trinajstić information content (AvgIpc) is 2.84. The van der Waals surface area contributed by atoms with E-state index in [1.807, 2.05) is 18.7 Å². The summed E-state index contributed by atoms with van der Waals surface area (Å²) in [6.45, 7) is 5.65. The zero-order chi connectivity index (χ0) is 15.6. The minimum atomic E-state index is -0.460. The topological polar surface area (TPSA) is 93.6 Å². The van der Waals surface area contributed by atoms with E-state index in [0.29, 0.717) is 23.1 Å². The standard InChI is InChI=1S/C14H24N4O3/c1-9(2)18-12(15)11(14(20)21-3)13(16-18)17-6-4-10(8-19)5-7-17/h9-10,19H,4-8,15H2,1-3H3. The Hall–Kier alpha value is -1.76. The molecule has 1 aromatic heterocycles. The normalized spacial score (nSPS) is 16.5. The molecule has 1 saturated heterocycles. The number of nitrogen functional groups attached to an aromatic ring is 1. The maximum atomic E-state index is 12.0. The number of aromatic nitrogens is 2. The number of hydrogen-bond donors (Lipinski definition) is 2. The van der Waals surface area contributed by atoms with Gasteiger partial charge in [-0.15, -0.1) is 0 Å². The number of methoxy groups -OCH3 is 1. The molecule has 0 amide bonds. The Morgan fingerprint density at radius 2 is 2.10 bits per heavy atom. The minimum absolute atomic E-state index is 0.0668. The first-order valence-corrected chi connectivity index (χ1v) is 7.31. The van der Waals surface area contributed by atoms with Crippen LogP contribution in [0.15, 0.2) is 0 Å². The molecule has 0 unspecified atom stereocenters. The third-order valence-electron chi connectivity index (χ3n) is 3.98. The van der Waals surface area contributed by atoms with Crippen LogP contribution in [0.1, 0.15) is 43.1 Å². The molecule has 2 heterocycles. The second-order valence-electron chi connectivity index (χ2n) is 5.73. The van der Waals surface area contributed by atoms with E-state index in [1.165, 1.54) is 7.11 Å². The number of aliphatic hydroxyl groups excluding tert-OH is 1. The van der Waals surface area contributed by atoms with Crippen LogP contribution in [0.5, 0.6) is 0 Å². The van der Waals surface area contributed by atoms with Gasteiger partial charge in [-0.3, -0.25) is 0 Å². The van der Waals surface area contributed by atoms with E-state index in [2.05, 4.69) is 5.10 Å². The summed E-state index contributed by atoms with van der Waals surface area (Å²) in [5, 5.41) is 13.7. The van der Waals surface area contributed by atoms with Gasteiger partial charge in [-0.25, -0.2) is 9.48 Å². The van der Waals surface area contributed by atoms with Crippen molar-refractivity contribution >= 4 is 17.6 Å². The van der Waals surface area contributed by atoms with E-state index in [4.69, 9.17) is 10.5 Å². The number of piperidine rings is 1. The molecule has 118 valence electrons. The first kappa shape index (κ1) is 15.6. The summed E-state index contributed by atoms with van der Waals surface area (Å²) >= 11 is 0. The molecule has 21 heavy (non-hydrogen) atoms. The molecule has 1 aliphatic heterocycles. The predicted molar refractivity (Wildman–Crippen MR) is 80.4 cm³/mol. The third kappa shape index (κ3) is 2.97. The molecular formula is C14H24N4O3. The number of esters is 1. The number of nitrogens with two attached hydrogens (primary N) is 1. The van der Waals surface area contributed by atoms with Gasteiger partial charge >= 0.3 is 5.97 Å². The van der Waals surface area contributed by atoms with Gasteiger partial charge in [-0.2, -0.15) is 5.10 Å². The van der Waals surface area contributed by atoms with E-state index < -0.39 is 5.97 Å². The molecular weight excluding hydrogens is 272 g/mol. The van der Waals surface area contributed by atoms with Gasteiger partial charge in [-0.1, -0.05) is 0 Å². The number of anilines is 2. The molecule has 1 aliphatic rings. The van der Waals surface area contributed by atoms with Crippen LogP contribution in [0.2, 0.25) is 0 Å². The highest BCUT2D eigenvalue weighted by atomic mass is 16.5. The van der Waals surface area contributed by atoms with Crippen LogP contribution in [0.3, 0.4) is 0 Å². The maximum Gasteiger partial charge on any atom is 0.345 e. The van der Waals surface area contributed by atoms with Crippen LogP contribution >= 0.6 is 0 Å². The summed E-state index contributed by atoms with van der Waals surface area (Å²) in [6.07, 6.45) is 1.76. The second-order valence-corrected chi connectivity index (χ2v) is 5.73. The second kappa shape index (κ2) is 6.34. The van der Waals surface area contributed by atoms with Gasteiger partial charge in [0.2, 0.25) is 0 Å². The monoisotopic (exact) mass is 296 g/mol. The van der Waals surface area contributed by atoms with Crippen molar-refractivity contribution in [1.82, 2.24) is 9.78 Å². The fraction of sp³-hybridized carbons (Fsp3) is 0.714. The molecule has 1 aromatic rings. The molecule has 0 aromatic carbocycles. The van der Waals surface area contributed by atoms with Gasteiger partial charge in [0.15, 0.2) is 5.82 Å². The van der Waals surface area contributed by atoms with Gasteiger partial charge < -0.3 is 20.5 Å². The van der Waals surface area contributed by atoms with Crippen LogP contribution in [0.25, 0.3) is 0 Å². The molecule has 2 rings (SSSR count). The van der Waals surface area contributed by atoms with Gasteiger partial charge in [0.05, 0.1) is 7.11 Å². The quantitative estimate of drug-likeness (QED) is 0.806. The van der Waals surface area contributed by atoms with Crippen molar-refractivity contribution in [2.24, 2.45) is 5.92 Å². The molecule has 0 radical (unpaired) electrons. The predicted octanol–water partition coefficient (Wildman–Crippen LogP) is 1.04. The highest BCUT2D eigenvalue weighted by Crippen LogP contribution is 2.31. The third-order valence-corrected chi connectivity index (χ3v) is 3.98. The van der Waals surface area contributed by atoms with Crippen LogP contribution in [0.4, 0.5) is 11.6 Å². The Bertz CT molecular complexity index is 505. The zero-order valence-electron chi connectivity index (χ0n) is 12.9. The summed E-state index contributed by atoms with van der Waals surface area (Å²) in [5.41, 5.74) is 6.42. The molecule has 0 spiro atoms. The Morgan fingerprint density at radius 1 is 1.48 bits per heavy atom. The summed E-state index contributed by atoms with van der Waals surface area (Å²) in [6, 6.07) is 0.0668. The lowest BCUT2D eigenvalue weighted by Crippen LogP contribution is -2.36. The Kier molecular flexibility index (Phi) is 4.72. The van der Waals surface area contributed by atoms with E-state index in [-0.39, 0.29) is 12.6 Å². The van der Waals surface area contributed by atoms with Crippen molar-refractivity contribution in [2.45, 2.75) is 32.7 Å². The summed E-state index contributed by atoms with van der Waals surface area (Å²) in [4.78, 5) is 14.1. The summed E-state index contributed by atoms with van der Waals surface area (Å²) in [5.74, 6) is 0.798. The SMILES string of the molecule is COC(=O)c1c(N2CCC(CO)CC2)nn(C(C)C)c1N. The lowest BCUT2D eigenvalue weighted by Gasteiger charge is -2.31. The Labute approximate surface area is 124 Å². The number of rotatable bonds is 4. The first-order chi connectivity index (χ1) is 9.99. The first-order valence-electron chi connectivity index (χ1n) is 7.31. The fourth-order valence-electron chi connectivity index (χ4n) is 2.68. The number of hydrogen-bond acceptors (Lipinski definition) is 6. The molecule has 3 N–H and O–H groups in total. The van der Waals surface area contributed by atoms with E-state index in [1.54, 1.807) is 4.68 Å². The van der Waals surface area contributed by atoms with Crippen molar-refractivity contribution in [3.05, 3.63) is 5.56 Å². The number of carbonyl (C=O) groups is 1. The average molecular weight is 296 g/mol. The summed E-state index contributed by atoms with van der Waals surface area (Å²) in [7, 11) is 1.34. The molecule has 0 aliphatic carbocycles. The Balaban J connectivity index is 2.34. The van der Waals surface area contributed by atoms with Crippen LogP contribution in [0, 0.1) is 5.92 Å². The van der Waals surface area contributed by atoms with Gasteiger partial charge in [0, 0.05) is 25.7 Å². The van der Waals surface area contributed by atoms with Crippen LogP contribution in [-0.2, 0) is 4.74 Å². The molecule has 1 fully saturated rings. The molecule has 0 saturated carbocycles. The smallest absolute Gasteiger partial charge is 0.345 e. The van der Waals surface area contributed by atoms with Crippen LogP contribution in [-0.4, -0.2) is 47.7 Å². The number of aliphatic hydroxyl groups is 1. The van der Waals surface area contributed by atoms with E-state index in [9.17, 15) is 9.90 Å². The van der Waals surface area contributed by atoms with Crippen LogP contribution < -0.4 is 10.6 Å². The van der Waals surface area contributed by atoms with Gasteiger partial charge in [0.25, 0.3) is 0 Å². The van der Waals surface area contributed by atoms with Gasteiger partial charge in [-0.05, 0) is 32.6 Å². The van der Waals surface area contributed by atoms with Crippen molar-refractivity contribution in [2.75, 3.05) is 37.4 Å². The fourth-order valence-corrected chi connectivity index (χ4v) is 2.68. The lowest BCUT2D eigenvalue weighted by atomic mass is 9.98. The number of nitrogens with zero attached hydrogens (tertiary/aromatic N) is 3. The van der Waals surface area contributed by atoms with Crippen molar-refractivity contribution in [3.63, 3.8) is 0 Å². The van der Waals surface area contributed by atoms with Crippen molar-refractivity contribution in [1.29, 1.82) is 0 Å². The van der Waals surface area contributed by atoms with E-state index in [0.717, 1.165) is 25.9 Å². The summed E-state index contributed by atoms with van der Waals surface area (Å²) < 4.78 is 6.50. The van der Waals surface area contributed by atoms with Gasteiger partial charge in [0.1, 0.15) is 11.4 Å². The number of carbonyl (C=O) groups excluding carboxylic acids is 1. The lowest BCUT2D eigenvalue weighted by molar-refractivity contribution is 0.0602. The maximum absolute atomic E-state index is 12.0. The van der Waals surface area contributed by atoms with Crippen molar-refractivity contribution < 1.29 is 14.6 Å². The molecule has 0 atom stereocenters. The molecule has 0 bridgehead atoms. The largest absolute Gasteiger partial charge is 0.465 e. The zero-order valence-corrected chi connectivity index (χ0v) is 12.9. The minimum Gasteiger partial charge on any atom is -0.465 e. The highest BCUT2D eigenvalue weighted by molar-refractivity contribution is 5.99. The van der Waals surface area contributed by atoms with E-state index >= 15 is 0 Å². The highest BCUT2D eigenvalue weighted by Gasteiger charge is 2.29. The number of ether oxygens (including phenoxy) is 1. The van der Waals surface area contributed by atoms with Crippen molar-refractivity contribution in [3.8, 4) is 0 Å².